The molecule has 0 fully saturated rings. The number of aryl methyl sites for hydroxylation is 1. The van der Waals surface area contributed by atoms with Gasteiger partial charge in [-0.25, -0.2) is 0 Å². The Morgan fingerprint density at radius 1 is 1.39 bits per heavy atom. The minimum Gasteiger partial charge on any atom is -0.310 e. The molecule has 1 unspecified atom stereocenters. The van der Waals surface area contributed by atoms with E-state index in [2.05, 4.69) is 36.8 Å². The average Bonchev–Trinajstić information content (AvgIpc) is 2.38. The maximum Gasteiger partial charge on any atom is 0.0420 e. The normalized spacial score (nSPS) is 12.3. The Hall–Kier alpha value is -1.15. The lowest BCUT2D eigenvalue weighted by molar-refractivity contribution is 0.480. The molecule has 0 amide bonds. The van der Waals surface area contributed by atoms with E-state index in [9.17, 15) is 0 Å². The summed E-state index contributed by atoms with van der Waals surface area (Å²) < 4.78 is 0. The summed E-state index contributed by atoms with van der Waals surface area (Å²) in [6, 6.07) is 4.68. The van der Waals surface area contributed by atoms with Crippen LogP contribution in [0.1, 0.15) is 56.3 Å². The molecule has 1 heterocycles. The Morgan fingerprint density at radius 3 is 2.89 bits per heavy atom. The Morgan fingerprint density at radius 2 is 2.22 bits per heavy atom. The first-order chi connectivity index (χ1) is 8.79. The van der Waals surface area contributed by atoms with Crippen LogP contribution in [0.15, 0.2) is 31.0 Å². The monoisotopic (exact) mass is 246 g/mol. The molecular weight excluding hydrogens is 220 g/mol. The number of nitrogens with one attached hydrogen (secondary N) is 1. The van der Waals surface area contributed by atoms with Crippen molar-refractivity contribution in [1.29, 1.82) is 0 Å². The molecule has 1 aromatic heterocycles. The van der Waals surface area contributed by atoms with Crippen molar-refractivity contribution in [1.82, 2.24) is 10.3 Å². The Kier molecular flexibility index (Phi) is 7.35. The molecule has 1 aromatic rings. The summed E-state index contributed by atoms with van der Waals surface area (Å²) in [5, 5.41) is 3.57. The minimum atomic E-state index is 0.451. The maximum absolute atomic E-state index is 4.39. The van der Waals surface area contributed by atoms with E-state index in [0.717, 1.165) is 18.7 Å². The summed E-state index contributed by atoms with van der Waals surface area (Å²) in [4.78, 5) is 4.39. The molecule has 1 rings (SSSR count). The van der Waals surface area contributed by atoms with Crippen LogP contribution in [-0.4, -0.2) is 11.5 Å². The molecule has 100 valence electrons. The summed E-state index contributed by atoms with van der Waals surface area (Å²) in [5.41, 5.74) is 2.50. The van der Waals surface area contributed by atoms with Crippen molar-refractivity contribution in [2.24, 2.45) is 0 Å². The summed E-state index contributed by atoms with van der Waals surface area (Å²) in [5.74, 6) is 0. The molecule has 2 heteroatoms. The van der Waals surface area contributed by atoms with Gasteiger partial charge in [0.1, 0.15) is 0 Å². The second-order valence-electron chi connectivity index (χ2n) is 4.71. The summed E-state index contributed by atoms with van der Waals surface area (Å²) in [6.07, 6.45) is 10.0. The van der Waals surface area contributed by atoms with E-state index >= 15 is 0 Å². The topological polar surface area (TPSA) is 24.9 Å². The van der Waals surface area contributed by atoms with E-state index in [-0.39, 0.29) is 0 Å². The van der Waals surface area contributed by atoms with Crippen LogP contribution in [0.25, 0.3) is 0 Å². The predicted molar refractivity (Wildman–Crippen MR) is 78.7 cm³/mol. The first-order valence-electron chi connectivity index (χ1n) is 7.05. The van der Waals surface area contributed by atoms with Gasteiger partial charge < -0.3 is 5.32 Å². The Bertz CT molecular complexity index is 347. The minimum absolute atomic E-state index is 0.451. The number of rotatable bonds is 9. The highest BCUT2D eigenvalue weighted by atomic mass is 14.9. The van der Waals surface area contributed by atoms with Crippen molar-refractivity contribution in [3.63, 3.8) is 0 Å². The molecule has 0 radical (unpaired) electrons. The molecular formula is C16H26N2. The van der Waals surface area contributed by atoms with Crippen LogP contribution < -0.4 is 5.32 Å². The molecule has 0 aliphatic heterocycles. The number of hydrogen-bond donors (Lipinski definition) is 1. The van der Waals surface area contributed by atoms with Gasteiger partial charge in [0.2, 0.25) is 0 Å². The van der Waals surface area contributed by atoms with Gasteiger partial charge in [0, 0.05) is 17.9 Å². The van der Waals surface area contributed by atoms with Gasteiger partial charge in [-0.1, -0.05) is 31.9 Å². The van der Waals surface area contributed by atoms with Crippen LogP contribution >= 0.6 is 0 Å². The Balaban J connectivity index is 2.49. The van der Waals surface area contributed by atoms with Gasteiger partial charge in [-0.3, -0.25) is 4.98 Å². The molecule has 18 heavy (non-hydrogen) atoms. The highest BCUT2D eigenvalue weighted by molar-refractivity contribution is 5.22. The molecule has 0 saturated carbocycles. The highest BCUT2D eigenvalue weighted by Gasteiger charge is 2.12. The van der Waals surface area contributed by atoms with Crippen molar-refractivity contribution in [3.05, 3.63) is 42.2 Å². The van der Waals surface area contributed by atoms with Crippen LogP contribution in [0.4, 0.5) is 0 Å². The summed E-state index contributed by atoms with van der Waals surface area (Å²) >= 11 is 0. The van der Waals surface area contributed by atoms with Crippen molar-refractivity contribution >= 4 is 0 Å². The van der Waals surface area contributed by atoms with Gasteiger partial charge in [0.15, 0.2) is 0 Å². The number of nitrogens with zero attached hydrogens (tertiary/aromatic N) is 1. The van der Waals surface area contributed by atoms with E-state index in [0.29, 0.717) is 6.04 Å². The Labute approximate surface area is 112 Å². The molecule has 0 spiro atoms. The number of hydrogen-bond acceptors (Lipinski definition) is 2. The van der Waals surface area contributed by atoms with Gasteiger partial charge >= 0.3 is 0 Å². The molecule has 0 aliphatic carbocycles. The van der Waals surface area contributed by atoms with Gasteiger partial charge in [0.05, 0.1) is 0 Å². The number of pyridine rings is 1. The zero-order valence-corrected chi connectivity index (χ0v) is 11.8. The van der Waals surface area contributed by atoms with E-state index < -0.39 is 0 Å². The average molecular weight is 246 g/mol. The molecule has 0 aromatic carbocycles. The van der Waals surface area contributed by atoms with Gasteiger partial charge in [-0.2, -0.15) is 0 Å². The van der Waals surface area contributed by atoms with Crippen molar-refractivity contribution < 1.29 is 0 Å². The first-order valence-corrected chi connectivity index (χ1v) is 7.05. The summed E-state index contributed by atoms with van der Waals surface area (Å²) in [7, 11) is 0. The molecule has 1 atom stereocenters. The lowest BCUT2D eigenvalue weighted by Crippen LogP contribution is -2.22. The fourth-order valence-electron chi connectivity index (χ4n) is 2.29. The van der Waals surface area contributed by atoms with Gasteiger partial charge in [0.25, 0.3) is 0 Å². The third-order valence-corrected chi connectivity index (χ3v) is 3.27. The van der Waals surface area contributed by atoms with Crippen LogP contribution in [0.2, 0.25) is 0 Å². The quantitative estimate of drug-likeness (QED) is 0.522. The van der Waals surface area contributed by atoms with E-state index in [1.54, 1.807) is 0 Å². The van der Waals surface area contributed by atoms with Crippen LogP contribution in [0.3, 0.4) is 0 Å². The maximum atomic E-state index is 4.39. The van der Waals surface area contributed by atoms with Gasteiger partial charge in [-0.05, 0) is 44.4 Å². The third-order valence-electron chi connectivity index (χ3n) is 3.27. The molecule has 1 N–H and O–H groups in total. The van der Waals surface area contributed by atoms with Crippen LogP contribution in [0, 0.1) is 6.92 Å². The SMILES string of the molecule is C=CCCCCCC(NCC)c1cccnc1C. The zero-order chi connectivity index (χ0) is 13.2. The molecule has 0 aliphatic rings. The van der Waals surface area contributed by atoms with Crippen molar-refractivity contribution in [2.45, 2.75) is 52.0 Å². The number of unbranched alkanes of at least 4 members (excludes halogenated alkanes) is 3. The first kappa shape index (κ1) is 14.9. The van der Waals surface area contributed by atoms with E-state index in [4.69, 9.17) is 0 Å². The molecule has 0 saturated heterocycles. The fraction of sp³-hybridized carbons (Fsp3) is 0.562. The van der Waals surface area contributed by atoms with Gasteiger partial charge in [-0.15, -0.1) is 6.58 Å². The second-order valence-corrected chi connectivity index (χ2v) is 4.71. The smallest absolute Gasteiger partial charge is 0.0420 e. The second kappa shape index (κ2) is 8.87. The third kappa shape index (κ3) is 5.01. The van der Waals surface area contributed by atoms with Crippen molar-refractivity contribution in [3.8, 4) is 0 Å². The highest BCUT2D eigenvalue weighted by Crippen LogP contribution is 2.21. The summed E-state index contributed by atoms with van der Waals surface area (Å²) in [6.45, 7) is 9.02. The number of aromatic nitrogens is 1. The van der Waals surface area contributed by atoms with Crippen molar-refractivity contribution in [2.75, 3.05) is 6.54 Å². The van der Waals surface area contributed by atoms with Crippen LogP contribution in [0.5, 0.6) is 0 Å². The zero-order valence-electron chi connectivity index (χ0n) is 11.8. The molecule has 2 nitrogen and oxygen atoms in total. The molecule has 0 bridgehead atoms. The lowest BCUT2D eigenvalue weighted by Gasteiger charge is -2.19. The predicted octanol–water partition coefficient (Wildman–Crippen LogP) is 4.18. The van der Waals surface area contributed by atoms with Crippen LogP contribution in [-0.2, 0) is 0 Å². The fourth-order valence-corrected chi connectivity index (χ4v) is 2.29. The van der Waals surface area contributed by atoms with E-state index in [1.165, 1.54) is 31.2 Å². The number of allylic oxidation sites excluding steroid dienone is 1. The standard InChI is InChI=1S/C16H26N2/c1-4-6-7-8-9-12-16(17-5-2)15-11-10-13-18-14(15)3/h4,10-11,13,16-17H,1,5-9,12H2,2-3H3. The largest absolute Gasteiger partial charge is 0.310 e. The van der Waals surface area contributed by atoms with E-state index in [1.807, 2.05) is 18.3 Å². The lowest BCUT2D eigenvalue weighted by atomic mass is 9.99.